The summed E-state index contributed by atoms with van der Waals surface area (Å²) in [5.74, 6) is 0.255. The molecule has 0 heterocycles. The van der Waals surface area contributed by atoms with Crippen molar-refractivity contribution >= 4 is 5.78 Å². The molecular weight excluding hydrogens is 120 g/mol. The molecule has 1 nitrogen and oxygen atoms in total. The molecule has 0 N–H and O–H groups in total. The van der Waals surface area contributed by atoms with Crippen LogP contribution in [0, 0.1) is 0 Å². The Balaban J connectivity index is 0. The normalized spacial score (nSPS) is 6.33. The van der Waals surface area contributed by atoms with Crippen molar-refractivity contribution in [1.82, 2.24) is 0 Å². The number of hydrogen-bond acceptors (Lipinski definition) is 1. The molecule has 0 fully saturated rings. The van der Waals surface area contributed by atoms with Crippen LogP contribution in [0.1, 0.15) is 20.3 Å². The molecule has 0 saturated heterocycles. The number of carbonyl (C=O) groups is 1. The summed E-state index contributed by atoms with van der Waals surface area (Å²) in [5, 5.41) is 0. The van der Waals surface area contributed by atoms with Crippen molar-refractivity contribution < 1.29 is 21.9 Å². The van der Waals surface area contributed by atoms with Crippen molar-refractivity contribution in [1.29, 1.82) is 0 Å². The average molecular weight is 128 g/mol. The van der Waals surface area contributed by atoms with Crippen LogP contribution in [0.2, 0.25) is 0 Å². The maximum absolute atomic E-state index is 9.81. The predicted molar refractivity (Wildman–Crippen MR) is 21.0 cm³/mol. The van der Waals surface area contributed by atoms with Crippen LogP contribution in [0.3, 0.4) is 0 Å². The standard InChI is InChI=1S/C4H8O.Fe/c1-3-4(2)5;/h3H2,1-2H3;. The zero-order valence-electron chi connectivity index (χ0n) is 3.97. The first-order chi connectivity index (χ1) is 2.27. The molecule has 0 saturated carbocycles. The number of hydrogen-bond donors (Lipinski definition) is 0. The Bertz CT molecular complexity index is 42.8. The molecule has 0 rings (SSSR count). The molecule has 0 amide bonds. The van der Waals surface area contributed by atoms with E-state index in [-0.39, 0.29) is 22.9 Å². The van der Waals surface area contributed by atoms with Crippen molar-refractivity contribution in [3.8, 4) is 0 Å². The van der Waals surface area contributed by atoms with Crippen LogP contribution >= 0.6 is 0 Å². The molecule has 6 heavy (non-hydrogen) atoms. The minimum absolute atomic E-state index is 0. The van der Waals surface area contributed by atoms with Crippen LogP contribution in [0.4, 0.5) is 0 Å². The van der Waals surface area contributed by atoms with E-state index in [0.29, 0.717) is 6.42 Å². The summed E-state index contributed by atoms with van der Waals surface area (Å²) in [6, 6.07) is 0. The third-order valence-electron chi connectivity index (χ3n) is 0.498. The van der Waals surface area contributed by atoms with Crippen molar-refractivity contribution in [3.05, 3.63) is 0 Å². The van der Waals surface area contributed by atoms with Gasteiger partial charge in [-0.3, -0.25) is 0 Å². The van der Waals surface area contributed by atoms with Crippen molar-refractivity contribution in [2.45, 2.75) is 20.3 Å². The van der Waals surface area contributed by atoms with Gasteiger partial charge >= 0.3 is 0 Å². The molecule has 0 radical (unpaired) electrons. The van der Waals surface area contributed by atoms with E-state index in [1.54, 1.807) is 6.92 Å². The fourth-order valence-corrected chi connectivity index (χ4v) is 0. The van der Waals surface area contributed by atoms with Crippen LogP contribution in [0.25, 0.3) is 0 Å². The van der Waals surface area contributed by atoms with E-state index in [2.05, 4.69) is 0 Å². The second kappa shape index (κ2) is 5.19. The summed E-state index contributed by atoms with van der Waals surface area (Å²) in [4.78, 5) is 9.81. The van der Waals surface area contributed by atoms with E-state index < -0.39 is 0 Å². The van der Waals surface area contributed by atoms with Crippen molar-refractivity contribution in [2.24, 2.45) is 0 Å². The second-order valence-corrected chi connectivity index (χ2v) is 1.06. The van der Waals surface area contributed by atoms with Gasteiger partial charge in [-0.25, -0.2) is 0 Å². The van der Waals surface area contributed by atoms with Crippen LogP contribution in [-0.4, -0.2) is 5.78 Å². The van der Waals surface area contributed by atoms with E-state index in [1.807, 2.05) is 6.92 Å². The summed E-state index contributed by atoms with van der Waals surface area (Å²) in [5.41, 5.74) is 0. The van der Waals surface area contributed by atoms with Gasteiger partial charge in [0, 0.05) is 23.5 Å². The second-order valence-electron chi connectivity index (χ2n) is 1.06. The quantitative estimate of drug-likeness (QED) is 0.481. The third kappa shape index (κ3) is 8.89. The van der Waals surface area contributed by atoms with Crippen LogP contribution in [-0.2, 0) is 21.9 Å². The van der Waals surface area contributed by atoms with Gasteiger partial charge in [-0.05, 0) is 6.92 Å². The number of carbonyl (C=O) groups excluding carboxylic acids is 1. The Morgan fingerprint density at radius 2 is 1.83 bits per heavy atom. The molecule has 2 heteroatoms. The van der Waals surface area contributed by atoms with E-state index in [0.717, 1.165) is 0 Å². The maximum Gasteiger partial charge on any atom is 0.129 e. The fourth-order valence-electron chi connectivity index (χ4n) is 0. The van der Waals surface area contributed by atoms with Gasteiger partial charge < -0.3 is 4.79 Å². The van der Waals surface area contributed by atoms with Crippen LogP contribution in [0.15, 0.2) is 0 Å². The maximum atomic E-state index is 9.81. The Hall–Kier alpha value is 0.189. The topological polar surface area (TPSA) is 17.1 Å². The van der Waals surface area contributed by atoms with Crippen molar-refractivity contribution in [3.63, 3.8) is 0 Å². The van der Waals surface area contributed by atoms with Gasteiger partial charge in [0.15, 0.2) is 0 Å². The summed E-state index contributed by atoms with van der Waals surface area (Å²) in [6.45, 7) is 3.43. The average Bonchev–Trinajstić information content (AvgIpc) is 1.38. The van der Waals surface area contributed by atoms with Gasteiger partial charge in [-0.2, -0.15) is 0 Å². The van der Waals surface area contributed by atoms with Gasteiger partial charge in [0.25, 0.3) is 0 Å². The first-order valence-corrected chi connectivity index (χ1v) is 1.76. The minimum Gasteiger partial charge on any atom is -0.300 e. The molecule has 0 aromatic heterocycles. The van der Waals surface area contributed by atoms with E-state index in [9.17, 15) is 4.79 Å². The summed E-state index contributed by atoms with van der Waals surface area (Å²) in [7, 11) is 0. The Kier molecular flexibility index (Phi) is 8.21. The van der Waals surface area contributed by atoms with Crippen LogP contribution in [0.5, 0.6) is 0 Å². The van der Waals surface area contributed by atoms with Gasteiger partial charge in [-0.1, -0.05) is 6.92 Å². The van der Waals surface area contributed by atoms with E-state index in [4.69, 9.17) is 0 Å². The summed E-state index contributed by atoms with van der Waals surface area (Å²) in [6.07, 6.45) is 0.667. The molecular formula is C4H8FeO. The SMILES string of the molecule is CCC(C)=O.[Fe]. The van der Waals surface area contributed by atoms with E-state index >= 15 is 0 Å². The molecule has 38 valence electrons. The zero-order chi connectivity index (χ0) is 4.28. The third-order valence-corrected chi connectivity index (χ3v) is 0.498. The Morgan fingerprint density at radius 3 is 1.83 bits per heavy atom. The number of rotatable bonds is 1. The Morgan fingerprint density at radius 1 is 1.67 bits per heavy atom. The smallest absolute Gasteiger partial charge is 0.129 e. The van der Waals surface area contributed by atoms with Gasteiger partial charge in [0.05, 0.1) is 0 Å². The van der Waals surface area contributed by atoms with Gasteiger partial charge in [0.1, 0.15) is 5.78 Å². The molecule has 0 aliphatic heterocycles. The van der Waals surface area contributed by atoms with Gasteiger partial charge in [-0.15, -0.1) is 0 Å². The number of ketones is 1. The molecule has 0 atom stereocenters. The predicted octanol–water partition coefficient (Wildman–Crippen LogP) is 0.983. The molecule has 0 aliphatic rings. The minimum atomic E-state index is 0. The van der Waals surface area contributed by atoms with Crippen molar-refractivity contribution in [2.75, 3.05) is 0 Å². The molecule has 0 aliphatic carbocycles. The molecule has 0 bridgehead atoms. The number of Topliss-reactive ketones (excluding diaryl/α,β-unsaturated/α-hetero) is 1. The zero-order valence-corrected chi connectivity index (χ0v) is 5.07. The molecule has 0 aromatic rings. The summed E-state index contributed by atoms with van der Waals surface area (Å²) >= 11 is 0. The molecule has 0 unspecified atom stereocenters. The summed E-state index contributed by atoms with van der Waals surface area (Å²) < 4.78 is 0. The van der Waals surface area contributed by atoms with Gasteiger partial charge in [0.2, 0.25) is 0 Å². The van der Waals surface area contributed by atoms with E-state index in [1.165, 1.54) is 0 Å². The fraction of sp³-hybridized carbons (Fsp3) is 0.750. The molecule has 0 aromatic carbocycles. The first-order valence-electron chi connectivity index (χ1n) is 1.76. The first kappa shape index (κ1) is 9.50. The largest absolute Gasteiger partial charge is 0.300 e. The molecule has 0 spiro atoms. The Labute approximate surface area is 48.6 Å². The monoisotopic (exact) mass is 128 g/mol. The van der Waals surface area contributed by atoms with Crippen LogP contribution < -0.4 is 0 Å².